The Morgan fingerprint density at radius 1 is 0.950 bits per heavy atom. The van der Waals surface area contributed by atoms with Crippen molar-refractivity contribution >= 4 is 29.8 Å². The number of benzene rings is 2. The highest BCUT2D eigenvalue weighted by atomic mass is 32.2. The summed E-state index contributed by atoms with van der Waals surface area (Å²) in [7, 11) is 0. The van der Waals surface area contributed by atoms with E-state index in [-0.39, 0.29) is 25.4 Å². The Morgan fingerprint density at radius 3 is 2.52 bits per heavy atom. The van der Waals surface area contributed by atoms with Crippen molar-refractivity contribution in [3.05, 3.63) is 48.0 Å². The molecule has 0 aliphatic carbocycles. The van der Waals surface area contributed by atoms with Gasteiger partial charge < -0.3 is 44.3 Å². The van der Waals surface area contributed by atoms with Gasteiger partial charge in [-0.25, -0.2) is 4.99 Å². The number of carbonyl (C=O) groups excluding carboxylic acids is 1. The molecule has 216 valence electrons. The van der Waals surface area contributed by atoms with E-state index in [4.69, 9.17) is 19.2 Å². The van der Waals surface area contributed by atoms with Gasteiger partial charge in [0.2, 0.25) is 6.29 Å². The third-order valence-electron chi connectivity index (χ3n) is 6.99. The van der Waals surface area contributed by atoms with E-state index in [2.05, 4.69) is 14.5 Å². The molecule has 0 bridgehead atoms. The summed E-state index contributed by atoms with van der Waals surface area (Å²) in [5.74, 6) is 1.11. The molecule has 40 heavy (non-hydrogen) atoms. The third-order valence-corrected chi connectivity index (χ3v) is 8.19. The average Bonchev–Trinajstić information content (AvgIpc) is 3.14. The molecular weight excluding hydrogens is 542 g/mol. The van der Waals surface area contributed by atoms with Crippen LogP contribution in [0.25, 0.3) is 0 Å². The fraction of sp³-hybridized carbons (Fsp3) is 0.481. The van der Waals surface area contributed by atoms with E-state index in [9.17, 15) is 25.2 Å². The summed E-state index contributed by atoms with van der Waals surface area (Å²) in [6.45, 7) is 4.76. The van der Waals surface area contributed by atoms with E-state index in [0.29, 0.717) is 6.61 Å². The number of fused-ring (bicyclic) bond motifs is 2. The van der Waals surface area contributed by atoms with E-state index in [0.717, 1.165) is 59.6 Å². The predicted octanol–water partition coefficient (Wildman–Crippen LogP) is 0.524. The van der Waals surface area contributed by atoms with Gasteiger partial charge in [-0.1, -0.05) is 30.0 Å². The molecule has 0 saturated carbocycles. The number of hydrogen-bond acceptors (Lipinski definition) is 13. The summed E-state index contributed by atoms with van der Waals surface area (Å²) in [6.07, 6.45) is -7.37. The number of aliphatic imine (C=N–C) groups is 1. The van der Waals surface area contributed by atoms with E-state index >= 15 is 0 Å². The summed E-state index contributed by atoms with van der Waals surface area (Å²) in [4.78, 5) is 21.9. The predicted molar refractivity (Wildman–Crippen MR) is 143 cm³/mol. The van der Waals surface area contributed by atoms with Gasteiger partial charge in [0, 0.05) is 43.2 Å². The lowest BCUT2D eigenvalue weighted by molar-refractivity contribution is -0.340. The van der Waals surface area contributed by atoms with Gasteiger partial charge in [0.25, 0.3) is 6.47 Å². The number of aromatic hydroxyl groups is 1. The second-order valence-corrected chi connectivity index (χ2v) is 10.6. The molecule has 5 atom stereocenters. The standard InChI is InChI=1S/C27H33N3O9S/c31-16-38-27-23(35)21(33)22(34)26(39-27)37-15-14-36-13-12-29-8-10-30(11-9-29)25-17-4-3-6-19(32)24(17)40-20-7-2-1-5-18(20)28-25/h1-7,16,21-23,26-27,32-35H,8-15H2. The second kappa shape index (κ2) is 13.3. The summed E-state index contributed by atoms with van der Waals surface area (Å²) in [6, 6.07) is 13.5. The zero-order chi connectivity index (χ0) is 28.1. The molecule has 3 heterocycles. The van der Waals surface area contributed by atoms with Crippen LogP contribution in [0.15, 0.2) is 57.2 Å². The Balaban J connectivity index is 1.07. The minimum Gasteiger partial charge on any atom is -0.507 e. The summed E-state index contributed by atoms with van der Waals surface area (Å²) in [5.41, 5.74) is 1.82. The summed E-state index contributed by atoms with van der Waals surface area (Å²) in [5, 5.41) is 40.3. The highest BCUT2D eigenvalue weighted by Gasteiger charge is 2.45. The molecule has 0 amide bonds. The van der Waals surface area contributed by atoms with Crippen molar-refractivity contribution in [2.24, 2.45) is 4.99 Å². The van der Waals surface area contributed by atoms with Gasteiger partial charge in [0.1, 0.15) is 29.9 Å². The topological polar surface area (TPSA) is 154 Å². The average molecular weight is 576 g/mol. The number of carbonyl (C=O) groups is 1. The normalized spacial score (nSPS) is 26.8. The molecule has 5 rings (SSSR count). The quantitative estimate of drug-likeness (QED) is 0.244. The van der Waals surface area contributed by atoms with Crippen LogP contribution in [0.1, 0.15) is 5.56 Å². The first kappa shape index (κ1) is 28.8. The van der Waals surface area contributed by atoms with Crippen LogP contribution in [-0.2, 0) is 23.7 Å². The van der Waals surface area contributed by atoms with E-state index in [1.807, 2.05) is 36.4 Å². The molecule has 3 aliphatic heterocycles. The minimum atomic E-state index is -1.58. The van der Waals surface area contributed by atoms with Gasteiger partial charge in [-0.3, -0.25) is 9.69 Å². The van der Waals surface area contributed by atoms with Crippen molar-refractivity contribution in [1.82, 2.24) is 9.80 Å². The van der Waals surface area contributed by atoms with Gasteiger partial charge in [0.15, 0.2) is 6.29 Å². The Bertz CT molecular complexity index is 1190. The number of aliphatic hydroxyl groups is 3. The molecule has 12 nitrogen and oxygen atoms in total. The number of phenols is 1. The van der Waals surface area contributed by atoms with Crippen LogP contribution in [0.3, 0.4) is 0 Å². The van der Waals surface area contributed by atoms with Crippen molar-refractivity contribution in [1.29, 1.82) is 0 Å². The zero-order valence-electron chi connectivity index (χ0n) is 21.7. The van der Waals surface area contributed by atoms with Gasteiger partial charge in [-0.15, -0.1) is 0 Å². The maximum absolute atomic E-state index is 10.6. The molecule has 4 N–H and O–H groups in total. The van der Waals surface area contributed by atoms with Gasteiger partial charge in [-0.2, -0.15) is 0 Å². The molecule has 2 aromatic rings. The van der Waals surface area contributed by atoms with Crippen LogP contribution in [0.5, 0.6) is 5.75 Å². The molecule has 0 aromatic heterocycles. The Morgan fingerprint density at radius 2 is 1.73 bits per heavy atom. The Labute approximate surface area is 235 Å². The van der Waals surface area contributed by atoms with Crippen LogP contribution in [-0.4, -0.2) is 126 Å². The number of aliphatic hydroxyl groups excluding tert-OH is 3. The Hall–Kier alpha value is -2.75. The minimum absolute atomic E-state index is 0.0672. The number of phenolic OH excluding ortho intramolecular Hbond substituents is 1. The zero-order valence-corrected chi connectivity index (χ0v) is 22.6. The van der Waals surface area contributed by atoms with Gasteiger partial charge in [0.05, 0.1) is 30.4 Å². The first-order valence-corrected chi connectivity index (χ1v) is 13.9. The molecule has 2 aromatic carbocycles. The first-order valence-electron chi connectivity index (χ1n) is 13.1. The van der Waals surface area contributed by atoms with Crippen LogP contribution in [0.4, 0.5) is 5.69 Å². The molecule has 0 radical (unpaired) electrons. The van der Waals surface area contributed by atoms with Crippen molar-refractivity contribution in [3.8, 4) is 5.75 Å². The molecule has 0 spiro atoms. The highest BCUT2D eigenvalue weighted by molar-refractivity contribution is 7.99. The monoisotopic (exact) mass is 575 g/mol. The van der Waals surface area contributed by atoms with Crippen LogP contribution in [0.2, 0.25) is 0 Å². The van der Waals surface area contributed by atoms with Gasteiger partial charge >= 0.3 is 0 Å². The number of hydrogen-bond donors (Lipinski definition) is 4. The number of para-hydroxylation sites is 1. The lowest BCUT2D eigenvalue weighted by atomic mass is 10.0. The maximum Gasteiger partial charge on any atom is 0.295 e. The summed E-state index contributed by atoms with van der Waals surface area (Å²) < 4.78 is 20.9. The van der Waals surface area contributed by atoms with E-state index in [1.165, 1.54) is 11.8 Å². The first-order chi connectivity index (χ1) is 19.5. The summed E-state index contributed by atoms with van der Waals surface area (Å²) >= 11 is 1.53. The maximum atomic E-state index is 10.6. The number of nitrogens with zero attached hydrogens (tertiary/aromatic N) is 3. The van der Waals surface area contributed by atoms with Crippen LogP contribution in [0, 0.1) is 0 Å². The Kier molecular flexibility index (Phi) is 9.55. The molecule has 5 unspecified atom stereocenters. The highest BCUT2D eigenvalue weighted by Crippen LogP contribution is 2.44. The number of piperazine rings is 1. The molecule has 2 fully saturated rings. The molecule has 3 aliphatic rings. The van der Waals surface area contributed by atoms with Crippen LogP contribution < -0.4 is 0 Å². The van der Waals surface area contributed by atoms with Crippen molar-refractivity contribution in [3.63, 3.8) is 0 Å². The lowest BCUT2D eigenvalue weighted by Crippen LogP contribution is -2.58. The molecular formula is C27H33N3O9S. The fourth-order valence-electron chi connectivity index (χ4n) is 4.79. The van der Waals surface area contributed by atoms with E-state index in [1.54, 1.807) is 6.07 Å². The largest absolute Gasteiger partial charge is 0.507 e. The SMILES string of the molecule is O=COC1OC(OCCOCCN2CCN(C3=Nc4ccccc4Sc4c(O)cccc43)CC2)C(O)C(O)C1O. The van der Waals surface area contributed by atoms with Crippen LogP contribution >= 0.6 is 11.8 Å². The number of amidine groups is 1. The number of rotatable bonds is 9. The second-order valence-electron chi connectivity index (χ2n) is 9.55. The molecule has 2 saturated heterocycles. The fourth-order valence-corrected chi connectivity index (χ4v) is 5.82. The van der Waals surface area contributed by atoms with Crippen molar-refractivity contribution in [2.75, 3.05) is 52.5 Å². The lowest BCUT2D eigenvalue weighted by Gasteiger charge is -2.38. The smallest absolute Gasteiger partial charge is 0.295 e. The number of ether oxygens (including phenoxy) is 4. The van der Waals surface area contributed by atoms with E-state index < -0.39 is 30.9 Å². The van der Waals surface area contributed by atoms with Gasteiger partial charge in [-0.05, 0) is 24.3 Å². The molecule has 13 heteroatoms. The third kappa shape index (κ3) is 6.42. The van der Waals surface area contributed by atoms with Crippen molar-refractivity contribution < 1.29 is 44.2 Å². The van der Waals surface area contributed by atoms with Crippen molar-refractivity contribution in [2.45, 2.75) is 40.7 Å².